The molecular formula is C26H32FNO10. The van der Waals surface area contributed by atoms with Gasteiger partial charge in [0.25, 0.3) is 0 Å². The highest BCUT2D eigenvalue weighted by atomic mass is 19.1. The molecule has 0 unspecified atom stereocenters. The van der Waals surface area contributed by atoms with Gasteiger partial charge in [-0.2, -0.15) is 0 Å². The second-order valence-corrected chi connectivity index (χ2v) is 8.83. The maximum Gasteiger partial charge on any atom is 0.336 e. The summed E-state index contributed by atoms with van der Waals surface area (Å²) >= 11 is 0. The van der Waals surface area contributed by atoms with Gasteiger partial charge in [0.1, 0.15) is 17.3 Å². The normalized spacial score (nSPS) is 16.9. The molecule has 0 aromatic heterocycles. The number of nitrogens with zero attached hydrogens (tertiary/aromatic N) is 1. The molecule has 3 rings (SSSR count). The van der Waals surface area contributed by atoms with Crippen LogP contribution in [0.4, 0.5) is 4.39 Å². The van der Waals surface area contributed by atoms with E-state index >= 15 is 0 Å². The Labute approximate surface area is 219 Å². The standard InChI is InChI=1S/C20H24FNO3.C6H8O7/c1-22(11-15-6-9-17(23-2)10-20(15)24-3)19-13-25-12-18(19)14-4-7-16(21)8-5-14;7-3(8)1-6(13,5(11)12)2-4(9)10/h4-10,18-19H,11-13H2,1-3H3;13H,1-2H2,(H,7,8)(H,9,10)(H,11,12)/t18-,19+;/m0./s1. The largest absolute Gasteiger partial charge is 0.497 e. The average Bonchev–Trinajstić information content (AvgIpc) is 3.34. The first kappa shape index (κ1) is 30.5. The van der Waals surface area contributed by atoms with Gasteiger partial charge in [0.05, 0.1) is 40.3 Å². The van der Waals surface area contributed by atoms with Crippen LogP contribution in [0, 0.1) is 5.82 Å². The SMILES string of the molecule is COc1ccc(CN(C)[C@@H]2COC[C@H]2c2ccc(F)cc2)c(OC)c1.O=C(O)CC(O)(CC(=O)O)C(=O)O. The summed E-state index contributed by atoms with van der Waals surface area (Å²) in [5, 5.41) is 33.8. The van der Waals surface area contributed by atoms with Gasteiger partial charge >= 0.3 is 17.9 Å². The van der Waals surface area contributed by atoms with Crippen LogP contribution in [0.5, 0.6) is 11.5 Å². The van der Waals surface area contributed by atoms with Crippen molar-refractivity contribution in [2.24, 2.45) is 0 Å². The van der Waals surface area contributed by atoms with Crippen molar-refractivity contribution in [3.63, 3.8) is 0 Å². The third kappa shape index (κ3) is 8.40. The van der Waals surface area contributed by atoms with Crippen molar-refractivity contribution in [3.8, 4) is 11.5 Å². The summed E-state index contributed by atoms with van der Waals surface area (Å²) < 4.78 is 29.7. The quantitative estimate of drug-likeness (QED) is 0.332. The summed E-state index contributed by atoms with van der Waals surface area (Å²) in [6.45, 7) is 2.05. The molecule has 2 atom stereocenters. The topological polar surface area (TPSA) is 163 Å². The minimum atomic E-state index is -2.74. The van der Waals surface area contributed by atoms with Crippen LogP contribution in [-0.2, 0) is 25.7 Å². The van der Waals surface area contributed by atoms with Crippen molar-refractivity contribution in [3.05, 3.63) is 59.4 Å². The minimum Gasteiger partial charge on any atom is -0.497 e. The molecule has 2 aromatic carbocycles. The maximum absolute atomic E-state index is 13.2. The fraction of sp³-hybridized carbons (Fsp3) is 0.423. The summed E-state index contributed by atoms with van der Waals surface area (Å²) in [5.41, 5.74) is -0.537. The van der Waals surface area contributed by atoms with Crippen molar-refractivity contribution in [2.75, 3.05) is 34.5 Å². The van der Waals surface area contributed by atoms with E-state index in [-0.39, 0.29) is 17.8 Å². The van der Waals surface area contributed by atoms with Crippen LogP contribution in [0.3, 0.4) is 0 Å². The molecule has 0 bridgehead atoms. The Hall–Kier alpha value is -3.74. The van der Waals surface area contributed by atoms with Crippen LogP contribution in [0.2, 0.25) is 0 Å². The number of carboxylic acid groups (broad SMARTS) is 3. The van der Waals surface area contributed by atoms with E-state index in [9.17, 15) is 18.8 Å². The van der Waals surface area contributed by atoms with Crippen LogP contribution in [-0.4, -0.2) is 89.4 Å². The van der Waals surface area contributed by atoms with Crippen LogP contribution >= 0.6 is 0 Å². The molecule has 0 radical (unpaired) electrons. The Morgan fingerprint density at radius 3 is 2.11 bits per heavy atom. The van der Waals surface area contributed by atoms with E-state index in [0.29, 0.717) is 13.2 Å². The van der Waals surface area contributed by atoms with Gasteiger partial charge in [0, 0.05) is 30.1 Å². The molecule has 11 nitrogen and oxygen atoms in total. The Morgan fingerprint density at radius 1 is 1.00 bits per heavy atom. The Bertz CT molecular complexity index is 1090. The van der Waals surface area contributed by atoms with E-state index in [1.807, 2.05) is 30.3 Å². The van der Waals surface area contributed by atoms with Crippen LogP contribution in [0.25, 0.3) is 0 Å². The van der Waals surface area contributed by atoms with Gasteiger partial charge in [-0.3, -0.25) is 14.5 Å². The molecule has 1 fully saturated rings. The van der Waals surface area contributed by atoms with E-state index in [4.69, 9.17) is 34.6 Å². The van der Waals surface area contributed by atoms with E-state index in [1.165, 1.54) is 12.1 Å². The van der Waals surface area contributed by atoms with Crippen LogP contribution < -0.4 is 9.47 Å². The molecule has 4 N–H and O–H groups in total. The average molecular weight is 538 g/mol. The lowest BCUT2D eigenvalue weighted by atomic mass is 9.93. The molecule has 1 aliphatic heterocycles. The van der Waals surface area contributed by atoms with E-state index in [0.717, 1.165) is 29.2 Å². The predicted molar refractivity (Wildman–Crippen MR) is 132 cm³/mol. The monoisotopic (exact) mass is 537 g/mol. The number of aliphatic carboxylic acids is 3. The fourth-order valence-corrected chi connectivity index (χ4v) is 4.09. The zero-order valence-corrected chi connectivity index (χ0v) is 21.3. The number of ether oxygens (including phenoxy) is 3. The number of carbonyl (C=O) groups is 3. The lowest BCUT2D eigenvalue weighted by Gasteiger charge is -2.29. The lowest BCUT2D eigenvalue weighted by Crippen LogP contribution is -2.42. The van der Waals surface area contributed by atoms with Crippen molar-refractivity contribution in [1.29, 1.82) is 0 Å². The minimum absolute atomic E-state index is 0.212. The molecule has 1 heterocycles. The Balaban J connectivity index is 0.000000332. The summed E-state index contributed by atoms with van der Waals surface area (Å²) in [4.78, 5) is 32.8. The number of hydrogen-bond acceptors (Lipinski definition) is 8. The number of carboxylic acids is 3. The van der Waals surface area contributed by atoms with Gasteiger partial charge in [-0.15, -0.1) is 0 Å². The molecule has 38 heavy (non-hydrogen) atoms. The van der Waals surface area contributed by atoms with Gasteiger partial charge in [-0.25, -0.2) is 9.18 Å². The lowest BCUT2D eigenvalue weighted by molar-refractivity contribution is -0.170. The number of likely N-dealkylation sites (N-methyl/N-ethyl adjacent to an activating group) is 1. The van der Waals surface area contributed by atoms with E-state index in [2.05, 4.69) is 11.9 Å². The fourth-order valence-electron chi connectivity index (χ4n) is 4.09. The second-order valence-electron chi connectivity index (χ2n) is 8.83. The highest BCUT2D eigenvalue weighted by molar-refractivity contribution is 5.88. The second kappa shape index (κ2) is 13.7. The number of rotatable bonds is 11. The van der Waals surface area contributed by atoms with Crippen LogP contribution in [0.1, 0.15) is 29.9 Å². The zero-order valence-electron chi connectivity index (χ0n) is 21.3. The summed E-state index contributed by atoms with van der Waals surface area (Å²) in [6, 6.07) is 12.8. The van der Waals surface area contributed by atoms with Crippen LogP contribution in [0.15, 0.2) is 42.5 Å². The molecule has 1 aliphatic rings. The molecule has 0 spiro atoms. The Morgan fingerprint density at radius 2 is 1.61 bits per heavy atom. The number of methoxy groups -OCH3 is 2. The van der Waals surface area contributed by atoms with Crippen molar-refractivity contribution < 1.29 is 53.4 Å². The predicted octanol–water partition coefficient (Wildman–Crippen LogP) is 2.21. The molecule has 0 amide bonds. The number of benzene rings is 2. The van der Waals surface area contributed by atoms with Gasteiger partial charge in [0.15, 0.2) is 5.60 Å². The van der Waals surface area contributed by atoms with Gasteiger partial charge in [-0.1, -0.05) is 18.2 Å². The van der Waals surface area contributed by atoms with Crippen molar-refractivity contribution >= 4 is 17.9 Å². The molecule has 0 saturated carbocycles. The first-order valence-electron chi connectivity index (χ1n) is 11.5. The molecule has 1 saturated heterocycles. The summed E-state index contributed by atoms with van der Waals surface area (Å²) in [7, 11) is 5.39. The maximum atomic E-state index is 13.2. The molecule has 12 heteroatoms. The summed E-state index contributed by atoms with van der Waals surface area (Å²) in [5.74, 6) is -3.42. The van der Waals surface area contributed by atoms with Gasteiger partial charge < -0.3 is 34.6 Å². The molecule has 0 aliphatic carbocycles. The molecule has 208 valence electrons. The first-order valence-corrected chi connectivity index (χ1v) is 11.5. The first-order chi connectivity index (χ1) is 17.9. The van der Waals surface area contributed by atoms with Crippen molar-refractivity contribution in [1.82, 2.24) is 4.90 Å². The van der Waals surface area contributed by atoms with E-state index < -0.39 is 36.4 Å². The van der Waals surface area contributed by atoms with Crippen molar-refractivity contribution in [2.45, 2.75) is 36.9 Å². The number of hydrogen-bond donors (Lipinski definition) is 4. The number of aliphatic hydroxyl groups is 1. The number of halogens is 1. The highest BCUT2D eigenvalue weighted by Gasteiger charge is 2.40. The third-order valence-corrected chi connectivity index (χ3v) is 6.11. The smallest absolute Gasteiger partial charge is 0.336 e. The molecular weight excluding hydrogens is 505 g/mol. The summed E-state index contributed by atoms with van der Waals surface area (Å²) in [6.07, 6.45) is -2.29. The van der Waals surface area contributed by atoms with E-state index in [1.54, 1.807) is 14.2 Å². The Kier molecular flexibility index (Phi) is 11.0. The van der Waals surface area contributed by atoms with Gasteiger partial charge in [-0.05, 0) is 30.8 Å². The molecule has 2 aromatic rings. The highest BCUT2D eigenvalue weighted by Crippen LogP contribution is 2.32. The third-order valence-electron chi connectivity index (χ3n) is 6.11. The van der Waals surface area contributed by atoms with Gasteiger partial charge in [0.2, 0.25) is 0 Å². The zero-order chi connectivity index (χ0) is 28.5.